The number of aliphatic hydroxyl groups is 2. The van der Waals surface area contributed by atoms with Gasteiger partial charge in [-0.25, -0.2) is 13.9 Å². The first-order valence-corrected chi connectivity index (χ1v) is 29.4. The van der Waals surface area contributed by atoms with Crippen molar-refractivity contribution in [3.8, 4) is 0 Å². The SMILES string of the molecule is CCCCC/C=C\C/C=C\CCCCCCCCCC(=O)OC[C@H](COP(=O)(O)OP(=O)(O)OC[C@H]1O[C@@H](n2ccc(N)nc2=O)[C@H](O)[C@@H]1O)OC(=O)CCC/C=C\C/C=C\C/C=C\CC1OC1CCCCC. The highest BCUT2D eigenvalue weighted by Crippen LogP contribution is 2.60. The van der Waals surface area contributed by atoms with Crippen molar-refractivity contribution in [1.82, 2.24) is 9.55 Å². The fraction of sp³-hybridized carbons (Fsp3) is 0.692. The summed E-state index contributed by atoms with van der Waals surface area (Å²) in [6.07, 6.45) is 37.6. The third-order valence-electron chi connectivity index (χ3n) is 12.0. The number of carbonyl (C=O) groups is 2. The van der Waals surface area contributed by atoms with Crippen LogP contribution >= 0.6 is 15.6 Å². The molecule has 3 rings (SSSR count). The van der Waals surface area contributed by atoms with E-state index in [4.69, 9.17) is 33.7 Å². The molecule has 1 aromatic rings. The minimum Gasteiger partial charge on any atom is -0.462 e. The molecule has 73 heavy (non-hydrogen) atoms. The van der Waals surface area contributed by atoms with Crippen LogP contribution in [0.25, 0.3) is 0 Å². The highest BCUT2D eigenvalue weighted by molar-refractivity contribution is 7.61. The second-order valence-electron chi connectivity index (χ2n) is 18.4. The average molecular weight is 1070 g/mol. The maximum absolute atomic E-state index is 12.9. The van der Waals surface area contributed by atoms with Crippen LogP contribution in [0, 0.1) is 0 Å². The Hall–Kier alpha value is -3.58. The van der Waals surface area contributed by atoms with Gasteiger partial charge in [-0.15, -0.1) is 0 Å². The fourth-order valence-electron chi connectivity index (χ4n) is 7.78. The summed E-state index contributed by atoms with van der Waals surface area (Å²) in [5, 5.41) is 20.9. The molecule has 2 saturated heterocycles. The Labute approximate surface area is 432 Å². The van der Waals surface area contributed by atoms with Gasteiger partial charge in [0.1, 0.15) is 30.7 Å². The number of allylic oxidation sites excluding steroid dienone is 9. The molecule has 0 bridgehead atoms. The molecule has 3 heterocycles. The monoisotopic (exact) mass is 1070 g/mol. The number of epoxide rings is 1. The zero-order valence-corrected chi connectivity index (χ0v) is 44.9. The van der Waals surface area contributed by atoms with Gasteiger partial charge in [-0.2, -0.15) is 9.29 Å². The molecular formula is C52H85N3O16P2. The van der Waals surface area contributed by atoms with Crippen LogP contribution in [0.4, 0.5) is 5.82 Å². The van der Waals surface area contributed by atoms with Crippen LogP contribution in [0.15, 0.2) is 77.8 Å². The van der Waals surface area contributed by atoms with E-state index in [0.29, 0.717) is 31.5 Å². The van der Waals surface area contributed by atoms with Crippen molar-refractivity contribution < 1.29 is 71.0 Å². The smallest absolute Gasteiger partial charge is 0.462 e. The Morgan fingerprint density at radius 1 is 0.685 bits per heavy atom. The summed E-state index contributed by atoms with van der Waals surface area (Å²) in [6.45, 7) is 2.04. The van der Waals surface area contributed by atoms with Crippen LogP contribution in [0.5, 0.6) is 0 Å². The van der Waals surface area contributed by atoms with Gasteiger partial charge in [0.15, 0.2) is 12.3 Å². The summed E-state index contributed by atoms with van der Waals surface area (Å²) in [6, 6.07) is 1.24. The van der Waals surface area contributed by atoms with Gasteiger partial charge in [-0.3, -0.25) is 23.2 Å². The zero-order valence-electron chi connectivity index (χ0n) is 43.1. The Bertz CT molecular complexity index is 2030. The van der Waals surface area contributed by atoms with Gasteiger partial charge < -0.3 is 44.7 Å². The Balaban J connectivity index is 1.40. The van der Waals surface area contributed by atoms with E-state index in [1.54, 1.807) is 0 Å². The number of phosphoric acid groups is 2. The number of nitrogens with two attached hydrogens (primary N) is 1. The number of hydrogen-bond donors (Lipinski definition) is 5. The molecule has 2 fully saturated rings. The minimum absolute atomic E-state index is 0.0335. The maximum atomic E-state index is 12.9. The number of aromatic nitrogens is 2. The highest BCUT2D eigenvalue weighted by Gasteiger charge is 2.46. The molecule has 2 aliphatic heterocycles. The second kappa shape index (κ2) is 37.2. The van der Waals surface area contributed by atoms with E-state index in [9.17, 15) is 43.5 Å². The molecule has 0 spiro atoms. The van der Waals surface area contributed by atoms with E-state index < -0.39 is 83.7 Å². The van der Waals surface area contributed by atoms with E-state index in [1.165, 1.54) is 44.6 Å². The molecule has 9 atom stereocenters. The molecule has 0 saturated carbocycles. The molecule has 0 aromatic carbocycles. The van der Waals surface area contributed by atoms with Gasteiger partial charge in [0, 0.05) is 19.0 Å². The van der Waals surface area contributed by atoms with Crippen molar-refractivity contribution in [2.24, 2.45) is 0 Å². The number of ether oxygens (including phenoxy) is 4. The highest BCUT2D eigenvalue weighted by atomic mass is 31.3. The lowest BCUT2D eigenvalue weighted by atomic mass is 10.1. The first-order chi connectivity index (χ1) is 35.1. The molecule has 2 aliphatic rings. The normalized spacial score (nSPS) is 22.2. The first kappa shape index (κ1) is 63.7. The number of nitrogen functional groups attached to an aromatic ring is 1. The maximum Gasteiger partial charge on any atom is 0.481 e. The number of anilines is 1. The fourth-order valence-corrected chi connectivity index (χ4v) is 9.89. The van der Waals surface area contributed by atoms with Crippen molar-refractivity contribution >= 4 is 33.4 Å². The topological polar surface area (TPSA) is 278 Å². The van der Waals surface area contributed by atoms with Crippen LogP contribution in [0.1, 0.15) is 174 Å². The Kier molecular flexibility index (Phi) is 32.5. The summed E-state index contributed by atoms with van der Waals surface area (Å²) >= 11 is 0. The number of phosphoric ester groups is 2. The predicted octanol–water partition coefficient (Wildman–Crippen LogP) is 10.1. The lowest BCUT2D eigenvalue weighted by Crippen LogP contribution is -2.36. The van der Waals surface area contributed by atoms with Crippen LogP contribution < -0.4 is 11.4 Å². The van der Waals surface area contributed by atoms with E-state index in [1.807, 2.05) is 12.2 Å². The Morgan fingerprint density at radius 3 is 1.90 bits per heavy atom. The van der Waals surface area contributed by atoms with Crippen molar-refractivity contribution in [3.05, 3.63) is 83.5 Å². The predicted molar refractivity (Wildman–Crippen MR) is 279 cm³/mol. The van der Waals surface area contributed by atoms with Crippen molar-refractivity contribution in [2.75, 3.05) is 25.6 Å². The quantitative estimate of drug-likeness (QED) is 0.0134. The van der Waals surface area contributed by atoms with Gasteiger partial charge in [0.25, 0.3) is 0 Å². The lowest BCUT2D eigenvalue weighted by Gasteiger charge is -2.21. The van der Waals surface area contributed by atoms with Crippen molar-refractivity contribution in [1.29, 1.82) is 0 Å². The van der Waals surface area contributed by atoms with E-state index in [-0.39, 0.29) is 18.7 Å². The van der Waals surface area contributed by atoms with Crippen LogP contribution in [0.3, 0.4) is 0 Å². The second-order valence-corrected chi connectivity index (χ2v) is 21.4. The molecule has 414 valence electrons. The van der Waals surface area contributed by atoms with E-state index in [2.05, 4.69) is 71.8 Å². The summed E-state index contributed by atoms with van der Waals surface area (Å²) in [4.78, 5) is 62.0. The Morgan fingerprint density at radius 2 is 1.25 bits per heavy atom. The first-order valence-electron chi connectivity index (χ1n) is 26.4. The molecule has 0 amide bonds. The number of hydrogen-bond acceptors (Lipinski definition) is 16. The molecule has 1 aromatic heterocycles. The summed E-state index contributed by atoms with van der Waals surface area (Å²) in [7, 11) is -10.9. The number of rotatable bonds is 42. The van der Waals surface area contributed by atoms with Crippen LogP contribution in [0.2, 0.25) is 0 Å². The number of aliphatic hydroxyl groups excluding tert-OH is 2. The van der Waals surface area contributed by atoms with Crippen LogP contribution in [-0.2, 0) is 51.0 Å². The third-order valence-corrected chi connectivity index (χ3v) is 14.6. The molecule has 21 heteroatoms. The molecule has 6 N–H and O–H groups in total. The number of unbranched alkanes of at least 4 members (excludes halogenated alkanes) is 13. The van der Waals surface area contributed by atoms with Crippen molar-refractivity contribution in [3.63, 3.8) is 0 Å². The molecule has 19 nitrogen and oxygen atoms in total. The average Bonchev–Trinajstić information content (AvgIpc) is 4.04. The van der Waals surface area contributed by atoms with E-state index in [0.717, 1.165) is 94.2 Å². The van der Waals surface area contributed by atoms with Crippen molar-refractivity contribution in [2.45, 2.75) is 211 Å². The summed E-state index contributed by atoms with van der Waals surface area (Å²) in [5.41, 5.74) is 4.59. The van der Waals surface area contributed by atoms with Crippen LogP contribution in [-0.4, -0.2) is 97.9 Å². The van der Waals surface area contributed by atoms with Gasteiger partial charge in [0.2, 0.25) is 0 Å². The molecule has 0 aliphatic carbocycles. The number of nitrogens with zero attached hydrogens (tertiary/aromatic N) is 2. The summed E-state index contributed by atoms with van der Waals surface area (Å²) in [5.74, 6) is -1.38. The number of carbonyl (C=O) groups excluding carboxylic acids is 2. The third kappa shape index (κ3) is 29.3. The molecular weight excluding hydrogens is 985 g/mol. The largest absolute Gasteiger partial charge is 0.481 e. The van der Waals surface area contributed by atoms with Gasteiger partial charge in [0.05, 0.1) is 25.4 Å². The molecule has 4 unspecified atom stereocenters. The molecule has 0 radical (unpaired) electrons. The van der Waals surface area contributed by atoms with Gasteiger partial charge in [-0.05, 0) is 83.1 Å². The lowest BCUT2D eigenvalue weighted by molar-refractivity contribution is -0.161. The number of esters is 2. The standard InChI is InChI=1S/C52H85N3O16P2/c1-3-5-7-8-9-10-11-12-13-14-15-16-17-21-24-27-31-35-47(56)65-39-42(68-48(57)36-32-28-25-22-19-18-20-23-26-30-34-44-43(69-44)33-29-6-4-2)40-66-72(61,62)71-73(63,64)67-41-45-49(58)50(59)51(70-45)55-38-37-46(53)54-52(55)60/h9-10,12-13,18,20,22,25-26,30,37-38,42-45,49-51,58-59H,3-8,11,14-17,19,21,23-24,27-29,31-36,39-41H2,1-2H3,(H,61,62)(H,63,64)(H2,53,54,60)/b10-9-,13-12-,20-18-,25-22-,30-26-/t42-,43?,44?,45-,49-,50-,51-/m1/s1. The zero-order chi connectivity index (χ0) is 53.2. The van der Waals surface area contributed by atoms with E-state index >= 15 is 0 Å². The van der Waals surface area contributed by atoms with Gasteiger partial charge in [-0.1, -0.05) is 139 Å². The minimum atomic E-state index is -5.44. The summed E-state index contributed by atoms with van der Waals surface area (Å²) < 4.78 is 62.5. The van der Waals surface area contributed by atoms with Gasteiger partial charge >= 0.3 is 33.3 Å².